The SMILES string of the molecule is Cc1cc(N2CCC(C)CC2)nc(N2CCCCC2)n1. The number of anilines is 2. The Morgan fingerprint density at radius 3 is 2.35 bits per heavy atom. The number of aromatic nitrogens is 2. The van der Waals surface area contributed by atoms with Crippen LogP contribution in [0.4, 0.5) is 11.8 Å². The molecule has 0 aromatic carbocycles. The normalized spacial score (nSPS) is 21.3. The molecule has 3 rings (SSSR count). The van der Waals surface area contributed by atoms with Gasteiger partial charge in [0, 0.05) is 37.9 Å². The van der Waals surface area contributed by atoms with E-state index < -0.39 is 0 Å². The molecule has 2 fully saturated rings. The summed E-state index contributed by atoms with van der Waals surface area (Å²) in [6.07, 6.45) is 6.45. The van der Waals surface area contributed by atoms with Gasteiger partial charge in [-0.25, -0.2) is 4.98 Å². The minimum atomic E-state index is 0.857. The van der Waals surface area contributed by atoms with E-state index in [-0.39, 0.29) is 0 Å². The first-order valence-corrected chi connectivity index (χ1v) is 8.08. The molecule has 1 aromatic heterocycles. The molecule has 20 heavy (non-hydrogen) atoms. The van der Waals surface area contributed by atoms with E-state index in [1.54, 1.807) is 0 Å². The molecule has 0 atom stereocenters. The van der Waals surface area contributed by atoms with Crippen molar-refractivity contribution in [3.8, 4) is 0 Å². The Kier molecular flexibility index (Phi) is 4.08. The second-order valence-corrected chi connectivity index (χ2v) is 6.38. The zero-order valence-corrected chi connectivity index (χ0v) is 12.8. The van der Waals surface area contributed by atoms with Crippen molar-refractivity contribution in [1.82, 2.24) is 9.97 Å². The Bertz CT molecular complexity index is 446. The van der Waals surface area contributed by atoms with Gasteiger partial charge in [0.1, 0.15) is 5.82 Å². The quantitative estimate of drug-likeness (QED) is 0.830. The highest BCUT2D eigenvalue weighted by Gasteiger charge is 2.20. The molecule has 0 radical (unpaired) electrons. The fourth-order valence-corrected chi connectivity index (χ4v) is 3.17. The van der Waals surface area contributed by atoms with Gasteiger partial charge >= 0.3 is 0 Å². The van der Waals surface area contributed by atoms with Crippen molar-refractivity contribution in [2.45, 2.75) is 46.0 Å². The molecular formula is C16H26N4. The molecule has 110 valence electrons. The third-order valence-electron chi connectivity index (χ3n) is 4.58. The van der Waals surface area contributed by atoms with Crippen molar-refractivity contribution in [2.75, 3.05) is 36.0 Å². The molecule has 4 nitrogen and oxygen atoms in total. The molecule has 0 unspecified atom stereocenters. The molecule has 2 saturated heterocycles. The highest BCUT2D eigenvalue weighted by atomic mass is 15.3. The van der Waals surface area contributed by atoms with Crippen LogP contribution >= 0.6 is 0 Å². The number of hydrogen-bond donors (Lipinski definition) is 0. The summed E-state index contributed by atoms with van der Waals surface area (Å²) < 4.78 is 0. The van der Waals surface area contributed by atoms with Gasteiger partial charge in [-0.15, -0.1) is 0 Å². The lowest BCUT2D eigenvalue weighted by atomic mass is 9.99. The molecule has 2 aliphatic heterocycles. The van der Waals surface area contributed by atoms with E-state index in [9.17, 15) is 0 Å². The van der Waals surface area contributed by atoms with Gasteiger partial charge in [-0.05, 0) is 44.9 Å². The monoisotopic (exact) mass is 274 g/mol. The molecule has 0 aliphatic carbocycles. The van der Waals surface area contributed by atoms with Crippen molar-refractivity contribution < 1.29 is 0 Å². The summed E-state index contributed by atoms with van der Waals surface area (Å²) in [5.41, 5.74) is 1.09. The first-order chi connectivity index (χ1) is 9.72. The Hall–Kier alpha value is -1.32. The fourth-order valence-electron chi connectivity index (χ4n) is 3.17. The van der Waals surface area contributed by atoms with Crippen LogP contribution in [0.25, 0.3) is 0 Å². The topological polar surface area (TPSA) is 32.3 Å². The van der Waals surface area contributed by atoms with Crippen molar-refractivity contribution in [1.29, 1.82) is 0 Å². The number of aryl methyl sites for hydroxylation is 1. The van der Waals surface area contributed by atoms with Gasteiger partial charge < -0.3 is 9.80 Å². The van der Waals surface area contributed by atoms with E-state index in [4.69, 9.17) is 4.98 Å². The highest BCUT2D eigenvalue weighted by molar-refractivity contribution is 5.46. The van der Waals surface area contributed by atoms with Gasteiger partial charge in [0.25, 0.3) is 0 Å². The van der Waals surface area contributed by atoms with Crippen LogP contribution < -0.4 is 9.80 Å². The van der Waals surface area contributed by atoms with E-state index in [0.717, 1.165) is 49.6 Å². The summed E-state index contributed by atoms with van der Waals surface area (Å²) in [6, 6.07) is 2.14. The van der Waals surface area contributed by atoms with Gasteiger partial charge in [-0.3, -0.25) is 0 Å². The smallest absolute Gasteiger partial charge is 0.227 e. The second-order valence-electron chi connectivity index (χ2n) is 6.38. The van der Waals surface area contributed by atoms with Gasteiger partial charge in [-0.2, -0.15) is 4.98 Å². The summed E-state index contributed by atoms with van der Waals surface area (Å²) in [5.74, 6) is 2.93. The van der Waals surface area contributed by atoms with Crippen LogP contribution in [0.3, 0.4) is 0 Å². The van der Waals surface area contributed by atoms with E-state index in [1.165, 1.54) is 32.1 Å². The van der Waals surface area contributed by atoms with Crippen LogP contribution in [0.15, 0.2) is 6.07 Å². The van der Waals surface area contributed by atoms with Crippen molar-refractivity contribution in [3.05, 3.63) is 11.8 Å². The zero-order chi connectivity index (χ0) is 13.9. The lowest BCUT2D eigenvalue weighted by molar-refractivity contribution is 0.436. The third kappa shape index (κ3) is 3.05. The lowest BCUT2D eigenvalue weighted by Crippen LogP contribution is -2.35. The van der Waals surface area contributed by atoms with Crippen LogP contribution in [0.5, 0.6) is 0 Å². The molecule has 4 heteroatoms. The number of rotatable bonds is 2. The van der Waals surface area contributed by atoms with Crippen molar-refractivity contribution in [3.63, 3.8) is 0 Å². The van der Waals surface area contributed by atoms with Crippen LogP contribution in [-0.2, 0) is 0 Å². The molecule has 2 aliphatic rings. The van der Waals surface area contributed by atoms with Crippen molar-refractivity contribution >= 4 is 11.8 Å². The average molecular weight is 274 g/mol. The summed E-state index contributed by atoms with van der Waals surface area (Å²) >= 11 is 0. The first kappa shape index (κ1) is 13.7. The molecule has 0 saturated carbocycles. The minimum Gasteiger partial charge on any atom is -0.356 e. The number of nitrogens with zero attached hydrogens (tertiary/aromatic N) is 4. The van der Waals surface area contributed by atoms with Gasteiger partial charge in [0.05, 0.1) is 0 Å². The molecule has 3 heterocycles. The molecular weight excluding hydrogens is 248 g/mol. The van der Waals surface area contributed by atoms with E-state index in [0.29, 0.717) is 0 Å². The maximum Gasteiger partial charge on any atom is 0.227 e. The summed E-state index contributed by atoms with van der Waals surface area (Å²) in [6.45, 7) is 8.93. The minimum absolute atomic E-state index is 0.857. The van der Waals surface area contributed by atoms with Crippen molar-refractivity contribution in [2.24, 2.45) is 5.92 Å². The first-order valence-electron chi connectivity index (χ1n) is 8.08. The molecule has 0 amide bonds. The van der Waals surface area contributed by atoms with E-state index in [1.807, 2.05) is 0 Å². The third-order valence-corrected chi connectivity index (χ3v) is 4.58. The average Bonchev–Trinajstić information content (AvgIpc) is 2.48. The second kappa shape index (κ2) is 5.98. The molecule has 0 bridgehead atoms. The lowest BCUT2D eigenvalue weighted by Gasteiger charge is -2.32. The van der Waals surface area contributed by atoms with E-state index in [2.05, 4.69) is 34.7 Å². The predicted molar refractivity (Wildman–Crippen MR) is 83.4 cm³/mol. The standard InChI is InChI=1S/C16H26N4/c1-13-6-10-19(11-7-13)15-12-14(2)17-16(18-15)20-8-4-3-5-9-20/h12-13H,3-11H2,1-2H3. The Morgan fingerprint density at radius 2 is 1.65 bits per heavy atom. The number of piperidine rings is 2. The summed E-state index contributed by atoms with van der Waals surface area (Å²) in [7, 11) is 0. The molecule has 0 spiro atoms. The Balaban J connectivity index is 1.79. The van der Waals surface area contributed by atoms with Crippen LogP contribution in [0, 0.1) is 12.8 Å². The summed E-state index contributed by atoms with van der Waals surface area (Å²) in [4.78, 5) is 14.3. The predicted octanol–water partition coefficient (Wildman–Crippen LogP) is 3.01. The molecule has 1 aromatic rings. The van der Waals surface area contributed by atoms with Gasteiger partial charge in [0.15, 0.2) is 0 Å². The number of hydrogen-bond acceptors (Lipinski definition) is 4. The Morgan fingerprint density at radius 1 is 0.950 bits per heavy atom. The zero-order valence-electron chi connectivity index (χ0n) is 12.8. The molecule has 0 N–H and O–H groups in total. The largest absolute Gasteiger partial charge is 0.356 e. The van der Waals surface area contributed by atoms with Crippen LogP contribution in [0.2, 0.25) is 0 Å². The maximum absolute atomic E-state index is 4.85. The summed E-state index contributed by atoms with van der Waals surface area (Å²) in [5, 5.41) is 0. The van der Waals surface area contributed by atoms with E-state index >= 15 is 0 Å². The highest BCUT2D eigenvalue weighted by Crippen LogP contribution is 2.24. The maximum atomic E-state index is 4.85. The van der Waals surface area contributed by atoms with Crippen LogP contribution in [-0.4, -0.2) is 36.1 Å². The Labute approximate surface area is 122 Å². The van der Waals surface area contributed by atoms with Crippen LogP contribution in [0.1, 0.15) is 44.7 Å². The fraction of sp³-hybridized carbons (Fsp3) is 0.750. The van der Waals surface area contributed by atoms with Gasteiger partial charge in [0.2, 0.25) is 5.95 Å². The van der Waals surface area contributed by atoms with Gasteiger partial charge in [-0.1, -0.05) is 6.92 Å².